The molecule has 0 radical (unpaired) electrons. The van der Waals surface area contributed by atoms with Crippen molar-refractivity contribution in [3.8, 4) is 5.75 Å². The van der Waals surface area contributed by atoms with E-state index in [1.807, 2.05) is 12.1 Å². The van der Waals surface area contributed by atoms with Crippen LogP contribution >= 0.6 is 0 Å². The smallest absolute Gasteiger partial charge is 0.122 e. The third-order valence-electron chi connectivity index (χ3n) is 3.05. The summed E-state index contributed by atoms with van der Waals surface area (Å²) in [5, 5.41) is 0. The van der Waals surface area contributed by atoms with E-state index >= 15 is 0 Å². The van der Waals surface area contributed by atoms with E-state index < -0.39 is 0 Å². The van der Waals surface area contributed by atoms with Crippen molar-refractivity contribution in [1.29, 1.82) is 0 Å². The van der Waals surface area contributed by atoms with Gasteiger partial charge in [0.2, 0.25) is 0 Å². The summed E-state index contributed by atoms with van der Waals surface area (Å²) < 4.78 is 5.33. The summed E-state index contributed by atoms with van der Waals surface area (Å²) in [6, 6.07) is 8.53. The lowest BCUT2D eigenvalue weighted by molar-refractivity contribution is 0.408. The van der Waals surface area contributed by atoms with E-state index in [4.69, 9.17) is 10.5 Å². The summed E-state index contributed by atoms with van der Waals surface area (Å²) in [7, 11) is 1.72. The summed E-state index contributed by atoms with van der Waals surface area (Å²) in [6.45, 7) is 2.08. The van der Waals surface area contributed by atoms with Gasteiger partial charge < -0.3 is 10.5 Å². The number of para-hydroxylation sites is 1. The molecule has 3 atom stereocenters. The molecule has 0 heterocycles. The lowest BCUT2D eigenvalue weighted by Crippen LogP contribution is -2.18. The molecule has 2 heteroatoms. The fourth-order valence-electron chi connectivity index (χ4n) is 2.13. The van der Waals surface area contributed by atoms with Crippen molar-refractivity contribution in [2.45, 2.75) is 25.3 Å². The largest absolute Gasteiger partial charge is 0.496 e. The van der Waals surface area contributed by atoms with Crippen LogP contribution in [0.25, 0.3) is 0 Å². The van der Waals surface area contributed by atoms with Crippen LogP contribution in [0.4, 0.5) is 0 Å². The Morgan fingerprint density at radius 2 is 2.14 bits per heavy atom. The minimum absolute atomic E-state index is 0.296. The van der Waals surface area contributed by atoms with Crippen molar-refractivity contribution < 1.29 is 4.74 Å². The Bertz CT molecular complexity index is 322. The monoisotopic (exact) mass is 191 g/mol. The van der Waals surface area contributed by atoms with Crippen molar-refractivity contribution in [2.75, 3.05) is 7.11 Å². The molecule has 1 aromatic carbocycles. The molecule has 0 aliphatic heterocycles. The SMILES string of the molecule is COc1ccccc1[C@@H]1C[C@@H]1[C@@H](C)N. The Morgan fingerprint density at radius 3 is 2.71 bits per heavy atom. The summed E-state index contributed by atoms with van der Waals surface area (Å²) in [5.74, 6) is 2.26. The molecule has 0 aromatic heterocycles. The highest BCUT2D eigenvalue weighted by Gasteiger charge is 2.41. The molecule has 14 heavy (non-hydrogen) atoms. The Labute approximate surface area is 85.1 Å². The first-order chi connectivity index (χ1) is 6.74. The minimum Gasteiger partial charge on any atom is -0.496 e. The van der Waals surface area contributed by atoms with Crippen LogP contribution in [0.3, 0.4) is 0 Å². The van der Waals surface area contributed by atoms with Crippen molar-refractivity contribution in [2.24, 2.45) is 11.7 Å². The molecule has 2 nitrogen and oxygen atoms in total. The second-order valence-corrected chi connectivity index (χ2v) is 4.11. The van der Waals surface area contributed by atoms with E-state index in [0.29, 0.717) is 17.9 Å². The maximum Gasteiger partial charge on any atom is 0.122 e. The molecule has 1 aliphatic rings. The summed E-state index contributed by atoms with van der Waals surface area (Å²) >= 11 is 0. The van der Waals surface area contributed by atoms with Gasteiger partial charge in [0.1, 0.15) is 5.75 Å². The second kappa shape index (κ2) is 3.62. The number of benzene rings is 1. The standard InChI is InChI=1S/C12H17NO/c1-8(13)10-7-11(10)9-5-3-4-6-12(9)14-2/h3-6,8,10-11H,7,13H2,1-2H3/t8-,10-,11+/m1/s1. The quantitative estimate of drug-likeness (QED) is 0.794. The van der Waals surface area contributed by atoms with Gasteiger partial charge in [-0.05, 0) is 36.8 Å². The highest BCUT2D eigenvalue weighted by Crippen LogP contribution is 2.51. The molecule has 1 aliphatic carbocycles. The van der Waals surface area contributed by atoms with E-state index in [1.54, 1.807) is 7.11 Å². The summed E-state index contributed by atoms with van der Waals surface area (Å²) in [6.07, 6.45) is 1.21. The van der Waals surface area contributed by atoms with Crippen molar-refractivity contribution >= 4 is 0 Å². The first-order valence-corrected chi connectivity index (χ1v) is 5.12. The predicted octanol–water partition coefficient (Wildman–Crippen LogP) is 2.15. The number of nitrogens with two attached hydrogens (primary N) is 1. The third kappa shape index (κ3) is 1.62. The molecule has 0 saturated heterocycles. The van der Waals surface area contributed by atoms with Crippen LogP contribution in [0.2, 0.25) is 0 Å². The zero-order valence-electron chi connectivity index (χ0n) is 8.73. The van der Waals surface area contributed by atoms with Gasteiger partial charge >= 0.3 is 0 Å². The van der Waals surface area contributed by atoms with Crippen LogP contribution in [0.5, 0.6) is 5.75 Å². The average Bonchev–Trinajstić information content (AvgIpc) is 2.97. The Kier molecular flexibility index (Phi) is 2.46. The van der Waals surface area contributed by atoms with Crippen molar-refractivity contribution in [1.82, 2.24) is 0 Å². The number of hydrogen-bond donors (Lipinski definition) is 1. The highest BCUT2D eigenvalue weighted by atomic mass is 16.5. The van der Waals surface area contributed by atoms with Crippen LogP contribution in [0.15, 0.2) is 24.3 Å². The van der Waals surface area contributed by atoms with Gasteiger partial charge in [0.15, 0.2) is 0 Å². The van der Waals surface area contributed by atoms with Gasteiger partial charge in [-0.2, -0.15) is 0 Å². The molecule has 1 fully saturated rings. The molecular weight excluding hydrogens is 174 g/mol. The Hall–Kier alpha value is -1.02. The van der Waals surface area contributed by atoms with Gasteiger partial charge in [-0.1, -0.05) is 18.2 Å². The van der Waals surface area contributed by atoms with Crippen LogP contribution in [0.1, 0.15) is 24.8 Å². The van der Waals surface area contributed by atoms with E-state index in [0.717, 1.165) is 5.75 Å². The highest BCUT2D eigenvalue weighted by molar-refractivity contribution is 5.39. The van der Waals surface area contributed by atoms with Gasteiger partial charge in [0, 0.05) is 6.04 Å². The summed E-state index contributed by atoms with van der Waals surface area (Å²) in [5.41, 5.74) is 7.19. The molecule has 0 spiro atoms. The number of methoxy groups -OCH3 is 1. The topological polar surface area (TPSA) is 35.2 Å². The third-order valence-corrected chi connectivity index (χ3v) is 3.05. The summed E-state index contributed by atoms with van der Waals surface area (Å²) in [4.78, 5) is 0. The first kappa shape index (κ1) is 9.53. The molecule has 1 aromatic rings. The van der Waals surface area contributed by atoms with E-state index in [-0.39, 0.29) is 0 Å². The lowest BCUT2D eigenvalue weighted by atomic mass is 10.1. The van der Waals surface area contributed by atoms with Crippen molar-refractivity contribution in [3.05, 3.63) is 29.8 Å². The lowest BCUT2D eigenvalue weighted by Gasteiger charge is -2.08. The van der Waals surface area contributed by atoms with E-state index in [1.165, 1.54) is 12.0 Å². The zero-order chi connectivity index (χ0) is 10.1. The van der Waals surface area contributed by atoms with Gasteiger partial charge in [-0.15, -0.1) is 0 Å². The molecule has 0 bridgehead atoms. The predicted molar refractivity (Wildman–Crippen MR) is 57.5 cm³/mol. The Morgan fingerprint density at radius 1 is 1.43 bits per heavy atom. The van der Waals surface area contributed by atoms with Crippen LogP contribution in [-0.2, 0) is 0 Å². The van der Waals surface area contributed by atoms with Gasteiger partial charge in [-0.25, -0.2) is 0 Å². The fraction of sp³-hybridized carbons (Fsp3) is 0.500. The minimum atomic E-state index is 0.296. The molecule has 2 rings (SSSR count). The van der Waals surface area contributed by atoms with Gasteiger partial charge in [-0.3, -0.25) is 0 Å². The number of ether oxygens (including phenoxy) is 1. The zero-order valence-corrected chi connectivity index (χ0v) is 8.73. The van der Waals surface area contributed by atoms with Gasteiger partial charge in [0.05, 0.1) is 7.11 Å². The maximum atomic E-state index is 5.88. The van der Waals surface area contributed by atoms with Gasteiger partial charge in [0.25, 0.3) is 0 Å². The van der Waals surface area contributed by atoms with E-state index in [2.05, 4.69) is 19.1 Å². The normalized spacial score (nSPS) is 27.1. The van der Waals surface area contributed by atoms with Crippen LogP contribution in [-0.4, -0.2) is 13.2 Å². The Balaban J connectivity index is 2.18. The second-order valence-electron chi connectivity index (χ2n) is 4.11. The fourth-order valence-corrected chi connectivity index (χ4v) is 2.13. The molecular formula is C12H17NO. The first-order valence-electron chi connectivity index (χ1n) is 5.12. The van der Waals surface area contributed by atoms with Crippen LogP contribution in [0, 0.1) is 5.92 Å². The molecule has 1 saturated carbocycles. The maximum absolute atomic E-state index is 5.88. The average molecular weight is 191 g/mol. The molecule has 76 valence electrons. The molecule has 0 unspecified atom stereocenters. The van der Waals surface area contributed by atoms with Crippen LogP contribution < -0.4 is 10.5 Å². The molecule has 0 amide bonds. The van der Waals surface area contributed by atoms with E-state index in [9.17, 15) is 0 Å². The molecule has 2 N–H and O–H groups in total. The van der Waals surface area contributed by atoms with Crippen molar-refractivity contribution in [3.63, 3.8) is 0 Å². The number of rotatable bonds is 3. The number of hydrogen-bond acceptors (Lipinski definition) is 2.